The molecule has 29 heavy (non-hydrogen) atoms. The van der Waals surface area contributed by atoms with Gasteiger partial charge in [0.25, 0.3) is 0 Å². The van der Waals surface area contributed by atoms with Crippen LogP contribution in [0.2, 0.25) is 0 Å². The van der Waals surface area contributed by atoms with Crippen molar-refractivity contribution < 1.29 is 0 Å². The van der Waals surface area contributed by atoms with E-state index in [9.17, 15) is 0 Å². The molecule has 150 valence electrons. The molecule has 5 nitrogen and oxygen atoms in total. The molecule has 0 spiro atoms. The fourth-order valence-electron chi connectivity index (χ4n) is 3.83. The van der Waals surface area contributed by atoms with Gasteiger partial charge in [0.2, 0.25) is 0 Å². The van der Waals surface area contributed by atoms with Gasteiger partial charge in [-0.25, -0.2) is 9.97 Å². The van der Waals surface area contributed by atoms with Gasteiger partial charge in [0.15, 0.2) is 10.3 Å². The Balaban J connectivity index is 1.48. The van der Waals surface area contributed by atoms with Crippen LogP contribution in [0, 0.1) is 13.8 Å². The van der Waals surface area contributed by atoms with Gasteiger partial charge in [-0.2, -0.15) is 0 Å². The van der Waals surface area contributed by atoms with E-state index < -0.39 is 0 Å². The molecule has 1 saturated heterocycles. The minimum absolute atomic E-state index is 0.817. The zero-order valence-electron chi connectivity index (χ0n) is 17.1. The monoisotopic (exact) mass is 423 g/mol. The van der Waals surface area contributed by atoms with Crippen molar-refractivity contribution in [3.05, 3.63) is 47.5 Å². The Labute approximate surface area is 179 Å². The molecule has 1 fully saturated rings. The van der Waals surface area contributed by atoms with Crippen molar-refractivity contribution >= 4 is 53.4 Å². The highest BCUT2D eigenvalue weighted by molar-refractivity contribution is 7.22. The topological polar surface area (TPSA) is 35.5 Å². The van der Waals surface area contributed by atoms with Crippen molar-refractivity contribution in [2.45, 2.75) is 27.2 Å². The van der Waals surface area contributed by atoms with E-state index in [1.807, 2.05) is 0 Å². The molecule has 0 aliphatic carbocycles. The molecule has 3 heterocycles. The first kappa shape index (κ1) is 18.8. The average molecular weight is 424 g/mol. The molecular weight excluding hydrogens is 398 g/mol. The van der Waals surface area contributed by atoms with Crippen LogP contribution < -0.4 is 9.80 Å². The van der Waals surface area contributed by atoms with Crippen LogP contribution in [0.1, 0.15) is 24.5 Å². The van der Waals surface area contributed by atoms with E-state index in [1.165, 1.54) is 20.5 Å². The number of hydrogen-bond acceptors (Lipinski definition) is 7. The maximum absolute atomic E-state index is 4.93. The van der Waals surface area contributed by atoms with Crippen LogP contribution >= 0.6 is 22.7 Å². The minimum atomic E-state index is 0.817. The minimum Gasteiger partial charge on any atom is -0.317 e. The van der Waals surface area contributed by atoms with Gasteiger partial charge in [-0.1, -0.05) is 41.7 Å². The summed E-state index contributed by atoms with van der Waals surface area (Å²) >= 11 is 3.57. The first-order valence-electron chi connectivity index (χ1n) is 10.1. The maximum Gasteiger partial charge on any atom is 0.188 e. The SMILES string of the molecule is CCCN1CN(c2nc3ccc(C)cc3s2)CN(c2nc3ccc(C)cc3s2)C1. The molecule has 0 saturated carbocycles. The Morgan fingerprint density at radius 2 is 1.31 bits per heavy atom. The summed E-state index contributed by atoms with van der Waals surface area (Å²) in [5, 5.41) is 2.18. The highest BCUT2D eigenvalue weighted by atomic mass is 32.1. The maximum atomic E-state index is 4.93. The van der Waals surface area contributed by atoms with E-state index in [1.54, 1.807) is 22.7 Å². The summed E-state index contributed by atoms with van der Waals surface area (Å²) in [6.07, 6.45) is 1.14. The molecule has 0 N–H and O–H groups in total. The molecule has 0 amide bonds. The first-order chi connectivity index (χ1) is 14.1. The lowest BCUT2D eigenvalue weighted by atomic mass is 10.2. The second-order valence-electron chi connectivity index (χ2n) is 7.83. The zero-order chi connectivity index (χ0) is 20.0. The van der Waals surface area contributed by atoms with Gasteiger partial charge in [-0.15, -0.1) is 0 Å². The van der Waals surface area contributed by atoms with Crippen molar-refractivity contribution in [1.82, 2.24) is 14.9 Å². The van der Waals surface area contributed by atoms with Crippen LogP contribution in [0.3, 0.4) is 0 Å². The lowest BCUT2D eigenvalue weighted by Gasteiger charge is -2.42. The van der Waals surface area contributed by atoms with E-state index in [4.69, 9.17) is 9.97 Å². The second-order valence-corrected chi connectivity index (χ2v) is 9.85. The molecule has 7 heteroatoms. The average Bonchev–Trinajstić information content (AvgIpc) is 3.31. The third-order valence-electron chi connectivity index (χ3n) is 5.23. The lowest BCUT2D eigenvalue weighted by molar-refractivity contribution is 0.242. The molecule has 0 atom stereocenters. The van der Waals surface area contributed by atoms with E-state index in [2.05, 4.69) is 71.9 Å². The summed E-state index contributed by atoms with van der Waals surface area (Å²) in [6.45, 7) is 10.2. The van der Waals surface area contributed by atoms with E-state index >= 15 is 0 Å². The third-order valence-corrected chi connectivity index (χ3v) is 7.39. The van der Waals surface area contributed by atoms with Gasteiger partial charge in [-0.3, -0.25) is 4.90 Å². The number of hydrogen-bond donors (Lipinski definition) is 0. The van der Waals surface area contributed by atoms with Crippen molar-refractivity contribution in [2.24, 2.45) is 0 Å². The van der Waals surface area contributed by atoms with Gasteiger partial charge in [-0.05, 0) is 55.7 Å². The Hall–Kier alpha value is -2.22. The van der Waals surface area contributed by atoms with Gasteiger partial charge >= 0.3 is 0 Å². The van der Waals surface area contributed by atoms with Crippen LogP contribution in [0.15, 0.2) is 36.4 Å². The summed E-state index contributed by atoms with van der Waals surface area (Å²) in [4.78, 5) is 17.1. The normalized spacial score (nSPS) is 15.7. The molecule has 0 radical (unpaired) electrons. The molecule has 1 aliphatic heterocycles. The molecular formula is C22H25N5S2. The van der Waals surface area contributed by atoms with Crippen molar-refractivity contribution in [1.29, 1.82) is 0 Å². The van der Waals surface area contributed by atoms with Crippen LogP contribution in [-0.2, 0) is 0 Å². The summed E-state index contributed by atoms with van der Waals surface area (Å²) in [5.41, 5.74) is 4.74. The smallest absolute Gasteiger partial charge is 0.188 e. The third kappa shape index (κ3) is 3.70. The summed E-state index contributed by atoms with van der Waals surface area (Å²) in [6, 6.07) is 13.0. The number of aromatic nitrogens is 2. The Kier molecular flexibility index (Phi) is 4.89. The lowest BCUT2D eigenvalue weighted by Crippen LogP contribution is -2.55. The highest BCUT2D eigenvalue weighted by Gasteiger charge is 2.27. The molecule has 2 aromatic carbocycles. The fourth-order valence-corrected chi connectivity index (χ4v) is 5.93. The number of thiazole rings is 2. The van der Waals surface area contributed by atoms with Gasteiger partial charge < -0.3 is 9.80 Å². The highest BCUT2D eigenvalue weighted by Crippen LogP contribution is 2.34. The second kappa shape index (κ2) is 7.55. The number of anilines is 2. The predicted octanol–water partition coefficient (Wildman–Crippen LogP) is 5.43. The first-order valence-corrected chi connectivity index (χ1v) is 11.7. The van der Waals surface area contributed by atoms with Crippen molar-refractivity contribution in [3.63, 3.8) is 0 Å². The number of benzene rings is 2. The van der Waals surface area contributed by atoms with E-state index in [-0.39, 0.29) is 0 Å². The van der Waals surface area contributed by atoms with Crippen molar-refractivity contribution in [3.8, 4) is 0 Å². The quantitative estimate of drug-likeness (QED) is 0.437. The molecule has 2 aromatic heterocycles. The molecule has 0 unspecified atom stereocenters. The number of nitrogens with zero attached hydrogens (tertiary/aromatic N) is 5. The molecule has 1 aliphatic rings. The van der Waals surface area contributed by atoms with Crippen LogP contribution in [0.25, 0.3) is 20.4 Å². The number of rotatable bonds is 4. The van der Waals surface area contributed by atoms with Crippen molar-refractivity contribution in [2.75, 3.05) is 36.4 Å². The van der Waals surface area contributed by atoms with Crippen LogP contribution in [-0.4, -0.2) is 41.4 Å². The molecule has 4 aromatic rings. The van der Waals surface area contributed by atoms with Crippen LogP contribution in [0.4, 0.5) is 10.3 Å². The van der Waals surface area contributed by atoms with Gasteiger partial charge in [0.1, 0.15) is 0 Å². The largest absolute Gasteiger partial charge is 0.317 e. The summed E-state index contributed by atoms with van der Waals surface area (Å²) < 4.78 is 2.52. The van der Waals surface area contributed by atoms with Gasteiger partial charge in [0, 0.05) is 6.54 Å². The van der Waals surface area contributed by atoms with Gasteiger partial charge in [0.05, 0.1) is 40.4 Å². The Bertz CT molecular complexity index is 1080. The van der Waals surface area contributed by atoms with E-state index in [0.717, 1.165) is 54.3 Å². The molecule has 0 bridgehead atoms. The Morgan fingerprint density at radius 3 is 1.79 bits per heavy atom. The Morgan fingerprint density at radius 1 is 0.793 bits per heavy atom. The number of fused-ring (bicyclic) bond motifs is 2. The number of aryl methyl sites for hydroxylation is 2. The summed E-state index contributed by atoms with van der Waals surface area (Å²) in [5.74, 6) is 0. The standard InChI is InChI=1S/C22H25N5S2/c1-4-9-25-12-26(21-23-17-7-5-15(2)10-19(17)28-21)14-27(13-25)22-24-18-8-6-16(3)11-20(18)29-22/h5-8,10-11H,4,9,12-14H2,1-3H3. The summed E-state index contributed by atoms with van der Waals surface area (Å²) in [7, 11) is 0. The molecule has 5 rings (SSSR count). The predicted molar refractivity (Wildman–Crippen MR) is 125 cm³/mol. The van der Waals surface area contributed by atoms with E-state index in [0.29, 0.717) is 0 Å². The zero-order valence-corrected chi connectivity index (χ0v) is 18.7. The van der Waals surface area contributed by atoms with Crippen LogP contribution in [0.5, 0.6) is 0 Å². The fraction of sp³-hybridized carbons (Fsp3) is 0.364.